The molecule has 0 bridgehead atoms. The summed E-state index contributed by atoms with van der Waals surface area (Å²) in [5.41, 5.74) is 1.22. The number of unbranched alkanes of at least 4 members (excludes halogenated alkanes) is 3. The Morgan fingerprint density at radius 1 is 1.05 bits per heavy atom. The smallest absolute Gasteiger partial charge is 0.114 e. The molecule has 0 saturated carbocycles. The van der Waals surface area contributed by atoms with Crippen LogP contribution >= 0.6 is 11.2 Å². The summed E-state index contributed by atoms with van der Waals surface area (Å²) in [6.45, 7) is 10.3. The van der Waals surface area contributed by atoms with Crippen LogP contribution in [0.4, 0.5) is 0 Å². The highest BCUT2D eigenvalue weighted by Crippen LogP contribution is 2.28. The minimum absolute atomic E-state index is 0.964. The number of rotatable bonds is 8. The topological polar surface area (TPSA) is 12.4 Å². The Morgan fingerprint density at radius 2 is 1.74 bits per heavy atom. The molecule has 0 spiro atoms. The molecule has 0 atom stereocenters. The van der Waals surface area contributed by atoms with Gasteiger partial charge in [-0.1, -0.05) is 58.0 Å². The van der Waals surface area contributed by atoms with E-state index >= 15 is 0 Å². The van der Waals surface area contributed by atoms with Crippen molar-refractivity contribution in [1.82, 2.24) is 0 Å². The van der Waals surface area contributed by atoms with E-state index in [1.807, 2.05) is 17.4 Å². The molecule has 1 aromatic rings. The first kappa shape index (κ1) is 16.5. The summed E-state index contributed by atoms with van der Waals surface area (Å²) < 4.78 is 0. The Labute approximate surface area is 123 Å². The van der Waals surface area contributed by atoms with Gasteiger partial charge >= 0.3 is 0 Å². The molecule has 0 amide bonds. The van der Waals surface area contributed by atoms with E-state index in [1.54, 1.807) is 0 Å². The molecule has 19 heavy (non-hydrogen) atoms. The Bertz CT molecular complexity index is 379. The van der Waals surface area contributed by atoms with Crippen molar-refractivity contribution in [1.29, 1.82) is 0 Å². The van der Waals surface area contributed by atoms with Crippen LogP contribution in [0.1, 0.15) is 38.2 Å². The van der Waals surface area contributed by atoms with E-state index in [4.69, 9.17) is 0 Å². The summed E-state index contributed by atoms with van der Waals surface area (Å²) in [6.07, 6.45) is 7.15. The zero-order chi connectivity index (χ0) is 14.1. The molecule has 0 aromatic heterocycles. The Balaban J connectivity index is 2.37. The second-order valence-electron chi connectivity index (χ2n) is 5.88. The Morgan fingerprint density at radius 3 is 2.32 bits per heavy atom. The molecule has 0 aliphatic heterocycles. The van der Waals surface area contributed by atoms with Crippen molar-refractivity contribution in [2.45, 2.75) is 57.1 Å². The Hall–Kier alpha value is -0.543. The number of benzene rings is 1. The molecule has 0 unspecified atom stereocenters. The quantitative estimate of drug-likeness (QED) is 0.344. The van der Waals surface area contributed by atoms with Crippen molar-refractivity contribution in [3.05, 3.63) is 29.8 Å². The van der Waals surface area contributed by atoms with Gasteiger partial charge in [-0.2, -0.15) is 11.2 Å². The summed E-state index contributed by atoms with van der Waals surface area (Å²) >= 11 is 2.04. The van der Waals surface area contributed by atoms with Crippen molar-refractivity contribution in [2.75, 3.05) is 6.54 Å². The molecule has 1 nitrogen and oxygen atoms in total. The fourth-order valence-corrected chi connectivity index (χ4v) is 5.28. The van der Waals surface area contributed by atoms with E-state index < -0.39 is 7.22 Å². The molecule has 106 valence electrons. The van der Waals surface area contributed by atoms with Crippen LogP contribution in [0.2, 0.25) is 19.6 Å². The van der Waals surface area contributed by atoms with E-state index in [1.165, 1.54) is 36.1 Å². The Kier molecular flexibility index (Phi) is 7.47. The van der Waals surface area contributed by atoms with Crippen LogP contribution in [-0.2, 0) is 0 Å². The molecular formula is C16H27NSSi. The van der Waals surface area contributed by atoms with Crippen LogP contribution in [0.15, 0.2) is 34.2 Å². The fraction of sp³-hybridized carbons (Fsp3) is 0.562. The van der Waals surface area contributed by atoms with Gasteiger partial charge in [0.1, 0.15) is 7.22 Å². The van der Waals surface area contributed by atoms with E-state index in [2.05, 4.69) is 55.8 Å². The first-order chi connectivity index (χ1) is 9.01. The lowest BCUT2D eigenvalue weighted by Gasteiger charge is -2.14. The molecule has 1 rings (SSSR count). The summed E-state index contributed by atoms with van der Waals surface area (Å²) in [7, 11) is -1.08. The van der Waals surface area contributed by atoms with Gasteiger partial charge in [0.25, 0.3) is 0 Å². The van der Waals surface area contributed by atoms with Gasteiger partial charge in [-0.15, -0.1) is 0 Å². The molecule has 0 saturated heterocycles. The number of nitrogens with zero attached hydrogens (tertiary/aromatic N) is 1. The highest BCUT2D eigenvalue weighted by molar-refractivity contribution is 8.28. The van der Waals surface area contributed by atoms with Crippen molar-refractivity contribution >= 4 is 24.6 Å². The van der Waals surface area contributed by atoms with Gasteiger partial charge in [0.05, 0.1) is 0 Å². The molecule has 0 aliphatic carbocycles. The highest BCUT2D eigenvalue weighted by Gasteiger charge is 2.14. The third-order valence-electron chi connectivity index (χ3n) is 2.69. The summed E-state index contributed by atoms with van der Waals surface area (Å²) in [5, 5.41) is 0. The minimum Gasteiger partial charge on any atom is -0.293 e. The van der Waals surface area contributed by atoms with Gasteiger partial charge in [-0.3, -0.25) is 4.99 Å². The minimum atomic E-state index is -1.08. The highest BCUT2D eigenvalue weighted by atomic mass is 32.4. The maximum atomic E-state index is 4.49. The molecule has 0 fully saturated rings. The average molecular weight is 294 g/mol. The number of aliphatic imine (C=N–C) groups is 1. The van der Waals surface area contributed by atoms with E-state index in [-0.39, 0.29) is 0 Å². The van der Waals surface area contributed by atoms with E-state index in [9.17, 15) is 0 Å². The van der Waals surface area contributed by atoms with Crippen molar-refractivity contribution in [3.8, 4) is 0 Å². The maximum Gasteiger partial charge on any atom is 0.114 e. The van der Waals surface area contributed by atoms with Crippen molar-refractivity contribution in [3.63, 3.8) is 0 Å². The molecule has 0 heterocycles. The molecule has 0 N–H and O–H groups in total. The fourth-order valence-electron chi connectivity index (χ4n) is 1.78. The van der Waals surface area contributed by atoms with Gasteiger partial charge in [-0.25, -0.2) is 0 Å². The van der Waals surface area contributed by atoms with Crippen LogP contribution in [0, 0.1) is 0 Å². The second-order valence-corrected chi connectivity index (χ2v) is 15.1. The van der Waals surface area contributed by atoms with Gasteiger partial charge in [0.15, 0.2) is 0 Å². The predicted octanol–water partition coefficient (Wildman–Crippen LogP) is 5.61. The van der Waals surface area contributed by atoms with E-state index in [0.29, 0.717) is 0 Å². The summed E-state index contributed by atoms with van der Waals surface area (Å²) in [6, 6.07) is 8.80. The zero-order valence-corrected chi connectivity index (χ0v) is 14.6. The SMILES string of the molecule is CCCCCCN=Cc1ccc(S[Si](C)(C)C)cc1. The van der Waals surface area contributed by atoms with Crippen LogP contribution < -0.4 is 0 Å². The third kappa shape index (κ3) is 8.27. The van der Waals surface area contributed by atoms with Gasteiger partial charge in [0.2, 0.25) is 0 Å². The first-order valence-electron chi connectivity index (χ1n) is 7.30. The second kappa shape index (κ2) is 8.59. The van der Waals surface area contributed by atoms with Crippen molar-refractivity contribution < 1.29 is 0 Å². The lowest BCUT2D eigenvalue weighted by atomic mass is 10.2. The zero-order valence-electron chi connectivity index (χ0n) is 12.8. The number of hydrogen-bond donors (Lipinski definition) is 0. The van der Waals surface area contributed by atoms with Gasteiger partial charge < -0.3 is 0 Å². The number of hydrogen-bond acceptors (Lipinski definition) is 2. The first-order valence-corrected chi connectivity index (χ1v) is 12.3. The molecular weight excluding hydrogens is 266 g/mol. The average Bonchev–Trinajstić information content (AvgIpc) is 2.34. The maximum absolute atomic E-state index is 4.49. The predicted molar refractivity (Wildman–Crippen MR) is 92.2 cm³/mol. The van der Waals surface area contributed by atoms with E-state index in [0.717, 1.165) is 6.54 Å². The van der Waals surface area contributed by atoms with Gasteiger partial charge in [-0.05, 0) is 24.1 Å². The summed E-state index contributed by atoms with van der Waals surface area (Å²) in [5.74, 6) is 0. The van der Waals surface area contributed by atoms with Crippen LogP contribution in [0.5, 0.6) is 0 Å². The lowest BCUT2D eigenvalue weighted by molar-refractivity contribution is 0.676. The van der Waals surface area contributed by atoms with Crippen LogP contribution in [0.25, 0.3) is 0 Å². The van der Waals surface area contributed by atoms with Crippen LogP contribution in [-0.4, -0.2) is 20.0 Å². The van der Waals surface area contributed by atoms with Crippen LogP contribution in [0.3, 0.4) is 0 Å². The normalized spacial score (nSPS) is 12.2. The molecule has 1 aromatic carbocycles. The van der Waals surface area contributed by atoms with Crippen molar-refractivity contribution in [2.24, 2.45) is 4.99 Å². The molecule has 0 radical (unpaired) electrons. The third-order valence-corrected chi connectivity index (χ3v) is 6.35. The monoisotopic (exact) mass is 293 g/mol. The molecule has 3 heteroatoms. The summed E-state index contributed by atoms with van der Waals surface area (Å²) in [4.78, 5) is 5.88. The standard InChI is InChI=1S/C16H27NSSi/c1-5-6-7-8-13-17-14-15-9-11-16(12-10-15)18-19(2,3)4/h9-12,14H,5-8,13H2,1-4H3. The van der Waals surface area contributed by atoms with Gasteiger partial charge in [0, 0.05) is 17.7 Å². The largest absolute Gasteiger partial charge is 0.293 e. The molecule has 0 aliphatic rings. The lowest BCUT2D eigenvalue weighted by Crippen LogP contribution is -2.13.